The van der Waals surface area contributed by atoms with Crippen LogP contribution in [0.2, 0.25) is 0 Å². The van der Waals surface area contributed by atoms with E-state index in [0.29, 0.717) is 11.8 Å². The molecule has 0 saturated carbocycles. The second kappa shape index (κ2) is 7.09. The van der Waals surface area contributed by atoms with Gasteiger partial charge < -0.3 is 16.4 Å². The highest BCUT2D eigenvalue weighted by Gasteiger charge is 2.18. The van der Waals surface area contributed by atoms with Crippen LogP contribution in [-0.2, 0) is 11.2 Å². The maximum absolute atomic E-state index is 11.1. The fraction of sp³-hybridized carbons (Fsp3) is 0.462. The fourth-order valence-corrected chi connectivity index (χ4v) is 4.19. The standard InChI is InChI=1S/C13H19N7OS2/c1-6-8(5-9(14)21)23-13(16-6)22-7(2)10-17-11(15)19-12(18-10)20(3)4/h7H,5H2,1-4H3,(H2,14,21)(H2,15,17,18,19)/t7-/m1/s1. The average molecular weight is 353 g/mol. The van der Waals surface area contributed by atoms with Crippen LogP contribution in [0.5, 0.6) is 0 Å². The number of anilines is 2. The third-order valence-electron chi connectivity index (χ3n) is 2.91. The zero-order chi connectivity index (χ0) is 17.1. The van der Waals surface area contributed by atoms with Crippen LogP contribution < -0.4 is 16.4 Å². The number of thioether (sulfide) groups is 1. The summed E-state index contributed by atoms with van der Waals surface area (Å²) < 4.78 is 0.844. The summed E-state index contributed by atoms with van der Waals surface area (Å²) in [6.07, 6.45) is 0.210. The molecule has 0 fully saturated rings. The van der Waals surface area contributed by atoms with Crippen molar-refractivity contribution in [3.05, 3.63) is 16.4 Å². The zero-order valence-electron chi connectivity index (χ0n) is 13.4. The maximum Gasteiger partial charge on any atom is 0.229 e. The largest absolute Gasteiger partial charge is 0.369 e. The van der Waals surface area contributed by atoms with Gasteiger partial charge in [0.15, 0.2) is 4.34 Å². The molecule has 2 aromatic heterocycles. The molecular weight excluding hydrogens is 334 g/mol. The second-order valence-electron chi connectivity index (χ2n) is 5.14. The SMILES string of the molecule is Cc1nc(S[C@H](C)c2nc(N)nc(N(C)C)n2)sc1CC(N)=O. The molecule has 1 amide bonds. The lowest BCUT2D eigenvalue weighted by Crippen LogP contribution is -2.16. The van der Waals surface area contributed by atoms with Crippen LogP contribution in [0.1, 0.15) is 28.6 Å². The van der Waals surface area contributed by atoms with Crippen molar-refractivity contribution < 1.29 is 4.79 Å². The monoisotopic (exact) mass is 353 g/mol. The van der Waals surface area contributed by atoms with E-state index in [9.17, 15) is 4.79 Å². The third kappa shape index (κ3) is 4.52. The molecule has 0 aliphatic rings. The smallest absolute Gasteiger partial charge is 0.229 e. The van der Waals surface area contributed by atoms with E-state index in [1.165, 1.54) is 23.1 Å². The number of nitrogens with two attached hydrogens (primary N) is 2. The minimum atomic E-state index is -0.359. The van der Waals surface area contributed by atoms with Gasteiger partial charge in [-0.05, 0) is 13.8 Å². The van der Waals surface area contributed by atoms with Gasteiger partial charge in [0.2, 0.25) is 17.8 Å². The molecule has 0 radical (unpaired) electrons. The van der Waals surface area contributed by atoms with Crippen molar-refractivity contribution in [2.75, 3.05) is 24.7 Å². The topological polar surface area (TPSA) is 124 Å². The predicted octanol–water partition coefficient (Wildman–Crippen LogP) is 1.17. The molecule has 0 aliphatic heterocycles. The highest BCUT2D eigenvalue weighted by Crippen LogP contribution is 2.37. The first-order valence-corrected chi connectivity index (χ1v) is 8.56. The molecule has 23 heavy (non-hydrogen) atoms. The number of carbonyl (C=O) groups is 1. The van der Waals surface area contributed by atoms with E-state index in [1.54, 1.807) is 4.90 Å². The van der Waals surface area contributed by atoms with Gasteiger partial charge in [-0.15, -0.1) is 11.3 Å². The van der Waals surface area contributed by atoms with E-state index >= 15 is 0 Å². The molecule has 0 aliphatic carbocycles. The van der Waals surface area contributed by atoms with Gasteiger partial charge in [-0.3, -0.25) is 4.79 Å². The Labute approximate surface area is 142 Å². The van der Waals surface area contributed by atoms with Gasteiger partial charge in [0.05, 0.1) is 17.4 Å². The van der Waals surface area contributed by atoms with Crippen LogP contribution in [0.3, 0.4) is 0 Å². The molecule has 0 unspecified atom stereocenters. The Morgan fingerprint density at radius 2 is 2.00 bits per heavy atom. The molecule has 2 heterocycles. The van der Waals surface area contributed by atoms with Crippen molar-refractivity contribution in [2.45, 2.75) is 29.9 Å². The van der Waals surface area contributed by atoms with Crippen molar-refractivity contribution in [1.29, 1.82) is 0 Å². The highest BCUT2D eigenvalue weighted by molar-refractivity contribution is 8.01. The van der Waals surface area contributed by atoms with Crippen molar-refractivity contribution in [2.24, 2.45) is 5.73 Å². The Morgan fingerprint density at radius 3 is 2.61 bits per heavy atom. The molecule has 4 N–H and O–H groups in total. The number of hydrogen-bond acceptors (Lipinski definition) is 9. The Kier molecular flexibility index (Phi) is 5.37. The van der Waals surface area contributed by atoms with Gasteiger partial charge in [0, 0.05) is 19.0 Å². The van der Waals surface area contributed by atoms with Gasteiger partial charge in [-0.1, -0.05) is 11.8 Å². The van der Waals surface area contributed by atoms with Crippen LogP contribution in [-0.4, -0.2) is 39.9 Å². The number of amides is 1. The lowest BCUT2D eigenvalue weighted by Gasteiger charge is -2.13. The number of carbonyl (C=O) groups excluding carboxylic acids is 1. The Hall–Kier alpha value is -1.94. The normalized spacial score (nSPS) is 12.2. The molecule has 124 valence electrons. The summed E-state index contributed by atoms with van der Waals surface area (Å²) in [4.78, 5) is 30.9. The number of primary amides is 1. The highest BCUT2D eigenvalue weighted by atomic mass is 32.2. The zero-order valence-corrected chi connectivity index (χ0v) is 15.0. The number of hydrogen-bond donors (Lipinski definition) is 2. The summed E-state index contributed by atoms with van der Waals surface area (Å²) in [6.45, 7) is 3.85. The minimum absolute atomic E-state index is 0.0500. The summed E-state index contributed by atoms with van der Waals surface area (Å²) in [6, 6.07) is 0. The molecule has 2 aromatic rings. The van der Waals surface area contributed by atoms with E-state index in [0.717, 1.165) is 14.9 Å². The minimum Gasteiger partial charge on any atom is -0.369 e. The Bertz CT molecular complexity index is 716. The van der Waals surface area contributed by atoms with E-state index in [4.69, 9.17) is 11.5 Å². The number of rotatable bonds is 6. The molecule has 0 saturated heterocycles. The number of aromatic nitrogens is 4. The molecule has 2 rings (SSSR count). The first-order valence-electron chi connectivity index (χ1n) is 6.86. The number of nitrogen functional groups attached to an aromatic ring is 1. The second-order valence-corrected chi connectivity index (χ2v) is 7.81. The Morgan fingerprint density at radius 1 is 1.30 bits per heavy atom. The van der Waals surface area contributed by atoms with Crippen molar-refractivity contribution in [1.82, 2.24) is 19.9 Å². The van der Waals surface area contributed by atoms with Gasteiger partial charge in [-0.25, -0.2) is 4.98 Å². The number of nitrogens with zero attached hydrogens (tertiary/aromatic N) is 5. The van der Waals surface area contributed by atoms with E-state index in [1.807, 2.05) is 27.9 Å². The molecule has 0 bridgehead atoms. The molecule has 0 spiro atoms. The van der Waals surface area contributed by atoms with Gasteiger partial charge >= 0.3 is 0 Å². The lowest BCUT2D eigenvalue weighted by molar-refractivity contribution is -0.117. The molecule has 1 atom stereocenters. The van der Waals surface area contributed by atoms with Crippen LogP contribution in [0, 0.1) is 6.92 Å². The van der Waals surface area contributed by atoms with Crippen LogP contribution in [0.15, 0.2) is 4.34 Å². The first-order chi connectivity index (χ1) is 10.8. The van der Waals surface area contributed by atoms with Crippen molar-refractivity contribution >= 4 is 40.9 Å². The summed E-state index contributed by atoms with van der Waals surface area (Å²) in [5, 5.41) is -0.0500. The molecule has 10 heteroatoms. The average Bonchev–Trinajstić information content (AvgIpc) is 2.77. The summed E-state index contributed by atoms with van der Waals surface area (Å²) in [5.41, 5.74) is 11.8. The van der Waals surface area contributed by atoms with Gasteiger partial charge in [-0.2, -0.15) is 15.0 Å². The summed E-state index contributed by atoms with van der Waals surface area (Å²) in [5.74, 6) is 0.943. The van der Waals surface area contributed by atoms with E-state index < -0.39 is 0 Å². The van der Waals surface area contributed by atoms with Gasteiger partial charge in [0.1, 0.15) is 5.82 Å². The van der Waals surface area contributed by atoms with Crippen molar-refractivity contribution in [3.63, 3.8) is 0 Å². The van der Waals surface area contributed by atoms with Crippen LogP contribution in [0.4, 0.5) is 11.9 Å². The summed E-state index contributed by atoms with van der Waals surface area (Å²) >= 11 is 2.98. The molecule has 8 nitrogen and oxygen atoms in total. The lowest BCUT2D eigenvalue weighted by atomic mass is 10.3. The maximum atomic E-state index is 11.1. The van der Waals surface area contributed by atoms with Crippen LogP contribution in [0.25, 0.3) is 0 Å². The van der Waals surface area contributed by atoms with Gasteiger partial charge in [0.25, 0.3) is 0 Å². The fourth-order valence-electron chi connectivity index (χ4n) is 1.76. The van der Waals surface area contributed by atoms with Crippen LogP contribution >= 0.6 is 23.1 Å². The molecular formula is C13H19N7OS2. The number of thiazole rings is 1. The molecule has 0 aromatic carbocycles. The van der Waals surface area contributed by atoms with Crippen molar-refractivity contribution in [3.8, 4) is 0 Å². The quantitative estimate of drug-likeness (QED) is 0.742. The predicted molar refractivity (Wildman–Crippen MR) is 92.6 cm³/mol. The number of aryl methyl sites for hydroxylation is 1. The van der Waals surface area contributed by atoms with E-state index in [2.05, 4.69) is 19.9 Å². The third-order valence-corrected chi connectivity index (χ3v) is 5.26. The Balaban J connectivity index is 2.19. The first kappa shape index (κ1) is 17.4. The summed E-state index contributed by atoms with van der Waals surface area (Å²) in [7, 11) is 3.69. The van der Waals surface area contributed by atoms with E-state index in [-0.39, 0.29) is 23.5 Å².